The Hall–Kier alpha value is -0.910. The van der Waals surface area contributed by atoms with E-state index in [1.165, 1.54) is 133 Å². The van der Waals surface area contributed by atoms with Gasteiger partial charge in [-0.05, 0) is 31.4 Å². The summed E-state index contributed by atoms with van der Waals surface area (Å²) in [6.45, 7) is 10.3. The molecule has 3 nitrogen and oxygen atoms in total. The van der Waals surface area contributed by atoms with Gasteiger partial charge in [0.15, 0.2) is 5.71 Å². The molecule has 1 atom stereocenters. The van der Waals surface area contributed by atoms with E-state index in [4.69, 9.17) is 0 Å². The zero-order chi connectivity index (χ0) is 26.9. The fourth-order valence-electron chi connectivity index (χ4n) is 6.43. The zero-order valence-electron chi connectivity index (χ0n) is 25.3. The second-order valence-electron chi connectivity index (χ2n) is 11.7. The number of benzene rings is 1. The summed E-state index contributed by atoms with van der Waals surface area (Å²) in [6.07, 6.45) is 25.8. The number of carboxylic acid groups (broad SMARTS) is 1. The lowest BCUT2D eigenvalue weighted by atomic mass is 9.70. The number of aromatic carboxylic acids is 1. The van der Waals surface area contributed by atoms with Crippen molar-refractivity contribution >= 4 is 17.4 Å². The first-order valence-corrected chi connectivity index (χ1v) is 16.0. The SMILES string of the molecule is CCCCCCCCCCC1(CCCCCCCC)C(C)=[N+](CCCCCC)c2ccc(C(=O)O)cc21.[I-]. The molecule has 0 radical (unpaired) electrons. The number of unbranched alkanes of at least 4 members (excludes halogenated alkanes) is 15. The first kappa shape index (κ1) is 35.1. The van der Waals surface area contributed by atoms with Crippen molar-refractivity contribution in [2.75, 3.05) is 6.54 Å². The topological polar surface area (TPSA) is 40.3 Å². The highest BCUT2D eigenvalue weighted by atomic mass is 127. The van der Waals surface area contributed by atoms with Gasteiger partial charge in [0.05, 0.1) is 11.0 Å². The lowest BCUT2D eigenvalue weighted by Gasteiger charge is -2.28. The van der Waals surface area contributed by atoms with Crippen molar-refractivity contribution in [2.45, 2.75) is 162 Å². The highest BCUT2D eigenvalue weighted by molar-refractivity contribution is 5.96. The van der Waals surface area contributed by atoms with Gasteiger partial charge in [-0.25, -0.2) is 4.79 Å². The van der Waals surface area contributed by atoms with Crippen LogP contribution in [0.4, 0.5) is 5.69 Å². The first-order chi connectivity index (χ1) is 18.0. The molecule has 1 N–H and O–H groups in total. The van der Waals surface area contributed by atoms with Crippen LogP contribution in [0.25, 0.3) is 0 Å². The molecule has 0 aliphatic carbocycles. The third kappa shape index (κ3) is 10.6. The average Bonchev–Trinajstić information content (AvgIpc) is 3.12. The Balaban J connectivity index is 0.00000722. The number of carbonyl (C=O) groups is 1. The number of fused-ring (bicyclic) bond motifs is 1. The number of halogens is 1. The van der Waals surface area contributed by atoms with Gasteiger partial charge in [-0.15, -0.1) is 0 Å². The van der Waals surface area contributed by atoms with E-state index in [2.05, 4.69) is 38.3 Å². The molecule has 1 aromatic carbocycles. The zero-order valence-corrected chi connectivity index (χ0v) is 27.4. The molecule has 0 fully saturated rings. The lowest BCUT2D eigenvalue weighted by Crippen LogP contribution is -3.00. The van der Waals surface area contributed by atoms with Crippen LogP contribution in [0, 0.1) is 0 Å². The van der Waals surface area contributed by atoms with Crippen molar-refractivity contribution in [3.63, 3.8) is 0 Å². The summed E-state index contributed by atoms with van der Waals surface area (Å²) < 4.78 is 2.57. The number of hydrogen-bond acceptors (Lipinski definition) is 1. The van der Waals surface area contributed by atoms with Crippen LogP contribution >= 0.6 is 0 Å². The van der Waals surface area contributed by atoms with Gasteiger partial charge in [-0.2, -0.15) is 4.58 Å². The highest BCUT2D eigenvalue weighted by Crippen LogP contribution is 2.47. The van der Waals surface area contributed by atoms with Crippen LogP contribution in [0.5, 0.6) is 0 Å². The molecule has 38 heavy (non-hydrogen) atoms. The summed E-state index contributed by atoms with van der Waals surface area (Å²) >= 11 is 0. The van der Waals surface area contributed by atoms with E-state index in [0.29, 0.717) is 5.56 Å². The van der Waals surface area contributed by atoms with E-state index in [9.17, 15) is 9.90 Å². The van der Waals surface area contributed by atoms with Gasteiger partial charge in [-0.1, -0.05) is 124 Å². The number of carboxylic acids is 1. The van der Waals surface area contributed by atoms with Crippen molar-refractivity contribution in [1.82, 2.24) is 0 Å². The Labute approximate surface area is 252 Å². The summed E-state index contributed by atoms with van der Waals surface area (Å²) in [6, 6.07) is 5.97. The van der Waals surface area contributed by atoms with Crippen LogP contribution < -0.4 is 24.0 Å². The largest absolute Gasteiger partial charge is 1.00 e. The molecule has 0 aromatic heterocycles. The standard InChI is InChI=1S/C34H57NO2.HI/c1-5-8-11-14-16-17-19-21-26-34(25-20-18-15-12-9-6-2)29(4)35(27-22-13-10-7-3)32-24-23-30(33(36)37)28-31(32)34;/h23-24,28H,5-22,25-27H2,1-4H3;1H. The van der Waals surface area contributed by atoms with Crippen LogP contribution in [0.3, 0.4) is 0 Å². The van der Waals surface area contributed by atoms with Crippen LogP contribution in [0.1, 0.15) is 172 Å². The second kappa shape index (κ2) is 20.0. The molecule has 0 saturated carbocycles. The van der Waals surface area contributed by atoms with Gasteiger partial charge in [0.2, 0.25) is 5.69 Å². The van der Waals surface area contributed by atoms with Gasteiger partial charge in [0.25, 0.3) is 0 Å². The minimum absolute atomic E-state index is 0. The number of hydrogen-bond donors (Lipinski definition) is 1. The molecule has 1 aliphatic heterocycles. The third-order valence-electron chi connectivity index (χ3n) is 8.80. The van der Waals surface area contributed by atoms with E-state index in [1.807, 2.05) is 12.1 Å². The summed E-state index contributed by atoms with van der Waals surface area (Å²) in [7, 11) is 0. The monoisotopic (exact) mass is 639 g/mol. The molecule has 2 rings (SSSR count). The van der Waals surface area contributed by atoms with Gasteiger partial charge >= 0.3 is 5.97 Å². The van der Waals surface area contributed by atoms with Crippen molar-refractivity contribution in [1.29, 1.82) is 0 Å². The fraction of sp³-hybridized carbons (Fsp3) is 0.765. The van der Waals surface area contributed by atoms with E-state index in [0.717, 1.165) is 19.4 Å². The lowest BCUT2D eigenvalue weighted by molar-refractivity contribution is -0.439. The quantitative estimate of drug-likeness (QED) is 0.0807. The molecule has 1 aliphatic rings. The molecule has 1 aromatic rings. The molecule has 0 amide bonds. The Morgan fingerprint density at radius 2 is 1.16 bits per heavy atom. The Morgan fingerprint density at radius 1 is 0.711 bits per heavy atom. The maximum Gasteiger partial charge on any atom is 0.335 e. The second-order valence-corrected chi connectivity index (χ2v) is 11.7. The van der Waals surface area contributed by atoms with Crippen molar-refractivity contribution < 1.29 is 38.5 Å². The predicted molar refractivity (Wildman–Crippen MR) is 160 cm³/mol. The summed E-state index contributed by atoms with van der Waals surface area (Å²) in [5, 5.41) is 9.83. The molecule has 1 unspecified atom stereocenters. The maximum absolute atomic E-state index is 12.0. The van der Waals surface area contributed by atoms with Gasteiger partial charge in [0.1, 0.15) is 6.54 Å². The number of nitrogens with zero attached hydrogens (tertiary/aromatic N) is 1. The highest BCUT2D eigenvalue weighted by Gasteiger charge is 2.49. The summed E-state index contributed by atoms with van der Waals surface area (Å²) in [5.74, 6) is -0.803. The minimum Gasteiger partial charge on any atom is -1.00 e. The molecular weight excluding hydrogens is 581 g/mol. The maximum atomic E-state index is 12.0. The Kier molecular flexibility index (Phi) is 18.5. The molecule has 218 valence electrons. The van der Waals surface area contributed by atoms with Crippen LogP contribution in [0.15, 0.2) is 18.2 Å². The summed E-state index contributed by atoms with van der Waals surface area (Å²) in [5.41, 5.74) is 4.51. The van der Waals surface area contributed by atoms with E-state index in [1.54, 1.807) is 0 Å². The molecule has 0 saturated heterocycles. The molecule has 1 heterocycles. The van der Waals surface area contributed by atoms with Crippen LogP contribution in [0.2, 0.25) is 0 Å². The third-order valence-corrected chi connectivity index (χ3v) is 8.80. The molecule has 0 bridgehead atoms. The van der Waals surface area contributed by atoms with E-state index in [-0.39, 0.29) is 29.4 Å². The van der Waals surface area contributed by atoms with Crippen LogP contribution in [-0.4, -0.2) is 27.9 Å². The Morgan fingerprint density at radius 3 is 1.63 bits per heavy atom. The van der Waals surface area contributed by atoms with Crippen molar-refractivity contribution in [2.24, 2.45) is 0 Å². The summed E-state index contributed by atoms with van der Waals surface area (Å²) in [4.78, 5) is 12.0. The Bertz CT molecular complexity index is 834. The van der Waals surface area contributed by atoms with Gasteiger partial charge < -0.3 is 29.1 Å². The normalized spacial score (nSPS) is 16.5. The minimum atomic E-state index is -0.803. The van der Waals surface area contributed by atoms with E-state index >= 15 is 0 Å². The average molecular weight is 640 g/mol. The van der Waals surface area contributed by atoms with E-state index < -0.39 is 5.97 Å². The molecular formula is C34H58INO2. The number of rotatable bonds is 22. The van der Waals surface area contributed by atoms with Crippen LogP contribution in [-0.2, 0) is 5.41 Å². The molecule has 0 spiro atoms. The van der Waals surface area contributed by atoms with Gasteiger partial charge in [-0.3, -0.25) is 0 Å². The predicted octanol–water partition coefficient (Wildman–Crippen LogP) is 7.61. The van der Waals surface area contributed by atoms with Crippen molar-refractivity contribution in [3.8, 4) is 0 Å². The smallest absolute Gasteiger partial charge is 0.335 e. The first-order valence-electron chi connectivity index (χ1n) is 16.0. The van der Waals surface area contributed by atoms with Gasteiger partial charge in [0, 0.05) is 25.0 Å². The fourth-order valence-corrected chi connectivity index (χ4v) is 6.43. The van der Waals surface area contributed by atoms with Crippen molar-refractivity contribution in [3.05, 3.63) is 29.3 Å². The molecule has 4 heteroatoms.